The molecule has 10 heteroatoms. The van der Waals surface area contributed by atoms with Crippen molar-refractivity contribution in [3.8, 4) is 17.5 Å². The van der Waals surface area contributed by atoms with Crippen LogP contribution in [0, 0.1) is 18.3 Å². The first-order valence-electron chi connectivity index (χ1n) is 8.73. The summed E-state index contributed by atoms with van der Waals surface area (Å²) in [6.07, 6.45) is 3.45. The maximum Gasteiger partial charge on any atom is 0.191 e. The first-order valence-corrected chi connectivity index (χ1v) is 9.11. The maximum atomic E-state index is 15.4. The summed E-state index contributed by atoms with van der Waals surface area (Å²) in [5.41, 5.74) is -0.272. The van der Waals surface area contributed by atoms with E-state index in [0.717, 1.165) is 0 Å². The van der Waals surface area contributed by atoms with Crippen molar-refractivity contribution in [2.24, 2.45) is 7.05 Å². The summed E-state index contributed by atoms with van der Waals surface area (Å²) in [6, 6.07) is 3.77. The predicted molar refractivity (Wildman–Crippen MR) is 99.4 cm³/mol. The minimum atomic E-state index is -1.56. The second kappa shape index (κ2) is 6.87. The molecular weight excluding hydrogens is 385 g/mol. The van der Waals surface area contributed by atoms with Gasteiger partial charge >= 0.3 is 0 Å². The monoisotopic (exact) mass is 401 g/mol. The van der Waals surface area contributed by atoms with Crippen LogP contribution < -0.4 is 4.90 Å². The zero-order valence-electron chi connectivity index (χ0n) is 15.4. The zero-order valence-corrected chi connectivity index (χ0v) is 16.1. The van der Waals surface area contributed by atoms with E-state index in [2.05, 4.69) is 26.2 Å². The number of nitriles is 1. The quantitative estimate of drug-likeness (QED) is 0.622. The Morgan fingerprint density at radius 3 is 2.68 bits per heavy atom. The first-order chi connectivity index (χ1) is 13.4. The third-order valence-corrected chi connectivity index (χ3v) is 5.19. The topological polar surface area (TPSA) is 96.7 Å². The smallest absolute Gasteiger partial charge is 0.191 e. The lowest BCUT2D eigenvalue weighted by atomic mass is 9.92. The fourth-order valence-corrected chi connectivity index (χ4v) is 3.81. The largest absolute Gasteiger partial charge is 0.439 e. The highest BCUT2D eigenvalue weighted by Gasteiger charge is 2.41. The Kier molecular flexibility index (Phi) is 4.51. The van der Waals surface area contributed by atoms with Gasteiger partial charge in [0, 0.05) is 39.9 Å². The van der Waals surface area contributed by atoms with Crippen LogP contribution in [0.25, 0.3) is 11.5 Å². The third kappa shape index (κ3) is 3.10. The molecule has 0 amide bonds. The van der Waals surface area contributed by atoms with Gasteiger partial charge < -0.3 is 13.9 Å². The Hall–Kier alpha value is -2.99. The number of hydrogen-bond acceptors (Lipinski definition) is 7. The van der Waals surface area contributed by atoms with Gasteiger partial charge in [-0.15, -0.1) is 10.2 Å². The molecule has 28 heavy (non-hydrogen) atoms. The molecule has 0 N–H and O–H groups in total. The number of nitrogens with zero attached hydrogens (tertiary/aromatic N) is 7. The summed E-state index contributed by atoms with van der Waals surface area (Å²) < 4.78 is 22.4. The van der Waals surface area contributed by atoms with Crippen molar-refractivity contribution in [1.82, 2.24) is 24.7 Å². The SMILES string of the molecule is Cc1ncc(-c2cc(C#N)c(N3CCC(F)(c4nncn4C)CC3)c(Cl)n2)o1. The van der Waals surface area contributed by atoms with Crippen LogP contribution in [0.3, 0.4) is 0 Å². The average molecular weight is 402 g/mol. The van der Waals surface area contributed by atoms with Crippen molar-refractivity contribution >= 4 is 17.3 Å². The lowest BCUT2D eigenvalue weighted by Crippen LogP contribution is -2.42. The molecule has 4 heterocycles. The second-order valence-electron chi connectivity index (χ2n) is 6.77. The number of aromatic nitrogens is 5. The maximum absolute atomic E-state index is 15.4. The normalized spacial score (nSPS) is 16.2. The van der Waals surface area contributed by atoms with Gasteiger partial charge in [0.1, 0.15) is 18.1 Å². The van der Waals surface area contributed by atoms with Crippen LogP contribution in [0.5, 0.6) is 0 Å². The number of oxazole rings is 1. The van der Waals surface area contributed by atoms with E-state index in [1.165, 1.54) is 12.5 Å². The molecule has 1 fully saturated rings. The molecule has 1 saturated heterocycles. The summed E-state index contributed by atoms with van der Waals surface area (Å²) in [7, 11) is 1.72. The Morgan fingerprint density at radius 2 is 2.11 bits per heavy atom. The van der Waals surface area contributed by atoms with Gasteiger partial charge in [0.15, 0.2) is 28.3 Å². The molecule has 0 radical (unpaired) electrons. The molecule has 0 aromatic carbocycles. The van der Waals surface area contributed by atoms with Crippen molar-refractivity contribution in [2.45, 2.75) is 25.4 Å². The van der Waals surface area contributed by atoms with E-state index < -0.39 is 5.67 Å². The van der Waals surface area contributed by atoms with E-state index >= 15 is 4.39 Å². The summed E-state index contributed by atoms with van der Waals surface area (Å²) >= 11 is 6.41. The number of piperidine rings is 1. The Labute approximate surface area is 165 Å². The predicted octanol–water partition coefficient (Wildman–Crippen LogP) is 3.16. The fourth-order valence-electron chi connectivity index (χ4n) is 3.50. The standard InChI is InChI=1S/C18H17ClFN7O/c1-11-22-9-14(28-11)13-7-12(8-21)15(16(19)24-13)27-5-3-18(20,4-6-27)17-25-23-10-26(17)2/h7,9-10H,3-6H2,1-2H3. The Balaban J connectivity index is 1.62. The minimum Gasteiger partial charge on any atom is -0.439 e. The zero-order chi connectivity index (χ0) is 19.9. The van der Waals surface area contributed by atoms with E-state index in [1.54, 1.807) is 24.6 Å². The highest BCUT2D eigenvalue weighted by atomic mass is 35.5. The number of rotatable bonds is 3. The summed E-state index contributed by atoms with van der Waals surface area (Å²) in [5, 5.41) is 17.5. The molecule has 0 bridgehead atoms. The highest BCUT2D eigenvalue weighted by Crippen LogP contribution is 2.40. The van der Waals surface area contributed by atoms with Crippen molar-refractivity contribution < 1.29 is 8.81 Å². The highest BCUT2D eigenvalue weighted by molar-refractivity contribution is 6.32. The van der Waals surface area contributed by atoms with Crippen LogP contribution >= 0.6 is 11.6 Å². The molecule has 1 aliphatic rings. The molecule has 0 atom stereocenters. The third-order valence-electron chi connectivity index (χ3n) is 4.93. The van der Waals surface area contributed by atoms with Crippen molar-refractivity contribution in [3.63, 3.8) is 0 Å². The van der Waals surface area contributed by atoms with E-state index in [4.69, 9.17) is 16.0 Å². The van der Waals surface area contributed by atoms with Gasteiger partial charge in [0.05, 0.1) is 17.4 Å². The van der Waals surface area contributed by atoms with Gasteiger partial charge in [0.2, 0.25) is 0 Å². The van der Waals surface area contributed by atoms with Gasteiger partial charge in [-0.05, 0) is 6.07 Å². The van der Waals surface area contributed by atoms with Gasteiger partial charge in [-0.1, -0.05) is 11.6 Å². The van der Waals surface area contributed by atoms with Crippen LogP contribution in [0.2, 0.25) is 5.15 Å². The molecule has 4 rings (SSSR count). The average Bonchev–Trinajstić information content (AvgIpc) is 3.31. The lowest BCUT2D eigenvalue weighted by molar-refractivity contribution is 0.109. The molecule has 0 saturated carbocycles. The molecular formula is C18H17ClFN7O. The summed E-state index contributed by atoms with van der Waals surface area (Å²) in [5.74, 6) is 1.24. The molecule has 0 spiro atoms. The van der Waals surface area contributed by atoms with Crippen LogP contribution in [0.1, 0.15) is 30.1 Å². The fraction of sp³-hybridized carbons (Fsp3) is 0.389. The Bertz CT molecular complexity index is 1060. The van der Waals surface area contributed by atoms with Gasteiger partial charge in [0.25, 0.3) is 0 Å². The number of hydrogen-bond donors (Lipinski definition) is 0. The molecule has 0 unspecified atom stereocenters. The number of aryl methyl sites for hydroxylation is 2. The number of pyridine rings is 1. The molecule has 1 aliphatic heterocycles. The van der Waals surface area contributed by atoms with E-state index in [-0.39, 0.29) is 18.0 Å². The van der Waals surface area contributed by atoms with E-state index in [0.29, 0.717) is 47.5 Å². The number of alkyl halides is 1. The van der Waals surface area contributed by atoms with Crippen LogP contribution in [-0.2, 0) is 12.7 Å². The van der Waals surface area contributed by atoms with Crippen molar-refractivity contribution in [1.29, 1.82) is 5.26 Å². The second-order valence-corrected chi connectivity index (χ2v) is 7.13. The van der Waals surface area contributed by atoms with Crippen LogP contribution in [-0.4, -0.2) is 37.8 Å². The lowest BCUT2D eigenvalue weighted by Gasteiger charge is -2.37. The van der Waals surface area contributed by atoms with Crippen LogP contribution in [0.15, 0.2) is 23.0 Å². The summed E-state index contributed by atoms with van der Waals surface area (Å²) in [4.78, 5) is 10.3. The van der Waals surface area contributed by atoms with Crippen molar-refractivity contribution in [3.05, 3.63) is 41.0 Å². The number of anilines is 1. The van der Waals surface area contributed by atoms with Crippen LogP contribution in [0.4, 0.5) is 10.1 Å². The first kappa shape index (κ1) is 18.4. The minimum absolute atomic E-state index is 0.174. The van der Waals surface area contributed by atoms with Crippen molar-refractivity contribution in [2.75, 3.05) is 18.0 Å². The van der Waals surface area contributed by atoms with E-state index in [9.17, 15) is 5.26 Å². The number of halogens is 2. The molecule has 3 aromatic rings. The van der Waals surface area contributed by atoms with Gasteiger partial charge in [-0.3, -0.25) is 0 Å². The molecule has 0 aliphatic carbocycles. The summed E-state index contributed by atoms with van der Waals surface area (Å²) in [6.45, 7) is 2.47. The molecule has 8 nitrogen and oxygen atoms in total. The molecule has 144 valence electrons. The van der Waals surface area contributed by atoms with E-state index in [1.807, 2.05) is 4.90 Å². The van der Waals surface area contributed by atoms with Gasteiger partial charge in [-0.25, -0.2) is 14.4 Å². The van der Waals surface area contributed by atoms with Gasteiger partial charge in [-0.2, -0.15) is 5.26 Å². The Morgan fingerprint density at radius 1 is 1.36 bits per heavy atom. The molecule has 3 aromatic heterocycles.